The van der Waals surface area contributed by atoms with Gasteiger partial charge in [0.25, 0.3) is 5.91 Å². The summed E-state index contributed by atoms with van der Waals surface area (Å²) in [5, 5.41) is 43.3. The first-order valence-corrected chi connectivity index (χ1v) is 22.8. The van der Waals surface area contributed by atoms with Crippen molar-refractivity contribution in [1.29, 1.82) is 0 Å². The van der Waals surface area contributed by atoms with E-state index in [0.29, 0.717) is 36.6 Å². The monoisotopic (exact) mass is 937 g/mol. The summed E-state index contributed by atoms with van der Waals surface area (Å²) in [6.45, 7) is 11.7. The van der Waals surface area contributed by atoms with Crippen molar-refractivity contribution < 1.29 is 38.1 Å². The highest BCUT2D eigenvalue weighted by Gasteiger charge is 2.65. The number of rotatable bonds is 18. The number of amides is 2. The van der Waals surface area contributed by atoms with E-state index >= 15 is 0 Å². The van der Waals surface area contributed by atoms with Crippen LogP contribution in [0.25, 0.3) is 27.9 Å². The van der Waals surface area contributed by atoms with E-state index in [4.69, 9.17) is 18.6 Å². The number of aryl methyl sites for hydroxylation is 1. The van der Waals surface area contributed by atoms with E-state index in [0.717, 1.165) is 63.9 Å². The van der Waals surface area contributed by atoms with Gasteiger partial charge in [-0.15, -0.1) is 0 Å². The van der Waals surface area contributed by atoms with E-state index in [1.54, 1.807) is 53.0 Å². The van der Waals surface area contributed by atoms with Crippen molar-refractivity contribution in [3.8, 4) is 11.3 Å². The number of alkyl halides is 3. The summed E-state index contributed by atoms with van der Waals surface area (Å²) in [4.78, 5) is 48.5. The molecule has 20 heteroatoms. The Morgan fingerprint density at radius 2 is 1.85 bits per heavy atom. The molecule has 7 rings (SSSR count). The minimum absolute atomic E-state index is 0.0582. The van der Waals surface area contributed by atoms with Crippen LogP contribution in [0.3, 0.4) is 0 Å². The quantitative estimate of drug-likeness (QED) is 0.0439. The summed E-state index contributed by atoms with van der Waals surface area (Å²) in [6, 6.07) is 6.04. The fourth-order valence-corrected chi connectivity index (χ4v) is 8.83. The summed E-state index contributed by atoms with van der Waals surface area (Å²) in [5.41, 5.74) is 6.15. The standard InChI is InChI=1S/C48H59BF3N11O5/c1-8-10-39(45(6,7)66)54-23-30(9-2)37-19-40(48(50,51)52)59-63(37)27-44(4,5)58-42(64)38(17-29(21-53)22-56-47(67,68)26-49)61-16-15-46(43(61)65)20-35(46)34-13-14-36(57-28(34)3)31-18-32-25-62(33-11-12-33)60-41(32)55-24-31/h9-10,13-14,18-19,21-25,33,35,38,66-68H,8,11-12,15-17,20,26-27,53H2,1-7H3,(H,58,64)/b29-21-,30-9+,39-10+,54-23+,56-22+. The number of likely N-dealkylation sites (tertiary alicyclic amines) is 1. The Hall–Kier alpha value is -5.99. The average Bonchev–Trinajstić information content (AvgIpc) is 4.12. The number of pyridine rings is 2. The van der Waals surface area contributed by atoms with E-state index in [-0.39, 0.29) is 48.2 Å². The first kappa shape index (κ1) is 49.9. The predicted octanol–water partition coefficient (Wildman–Crippen LogP) is 6.09. The summed E-state index contributed by atoms with van der Waals surface area (Å²) in [7, 11) is 5.45. The molecule has 360 valence electrons. The first-order chi connectivity index (χ1) is 31.9. The largest absolute Gasteiger partial charge is 0.435 e. The molecule has 16 nitrogen and oxygen atoms in total. The average molecular weight is 938 g/mol. The van der Waals surface area contributed by atoms with Gasteiger partial charge < -0.3 is 31.3 Å². The van der Waals surface area contributed by atoms with Crippen LogP contribution in [0.2, 0.25) is 6.32 Å². The van der Waals surface area contributed by atoms with Crippen LogP contribution in [0.15, 0.2) is 76.3 Å². The molecule has 2 amide bonds. The molecule has 2 saturated carbocycles. The highest BCUT2D eigenvalue weighted by molar-refractivity contribution is 6.09. The predicted molar refractivity (Wildman–Crippen MR) is 253 cm³/mol. The fraction of sp³-hybridized carbons (Fsp3) is 0.500. The molecule has 2 aliphatic carbocycles. The molecule has 3 unspecified atom stereocenters. The van der Waals surface area contributed by atoms with E-state index < -0.39 is 52.6 Å². The first-order valence-electron chi connectivity index (χ1n) is 22.8. The van der Waals surface area contributed by atoms with E-state index in [1.807, 2.05) is 42.9 Å². The Bertz CT molecular complexity index is 2730. The molecule has 3 fully saturated rings. The molecule has 3 atom stereocenters. The van der Waals surface area contributed by atoms with Crippen molar-refractivity contribution >= 4 is 48.7 Å². The Balaban J connectivity index is 1.14. The highest BCUT2D eigenvalue weighted by atomic mass is 19.4. The van der Waals surface area contributed by atoms with Gasteiger partial charge in [0.15, 0.2) is 11.3 Å². The lowest BCUT2D eigenvalue weighted by Gasteiger charge is -2.33. The van der Waals surface area contributed by atoms with Crippen molar-refractivity contribution in [1.82, 2.24) is 39.7 Å². The van der Waals surface area contributed by atoms with Gasteiger partial charge in [-0.2, -0.15) is 23.4 Å². The molecule has 4 aromatic heterocycles. The van der Waals surface area contributed by atoms with Crippen LogP contribution in [0.1, 0.15) is 115 Å². The number of carbonyl (C=O) groups is 2. The number of aliphatic hydroxyl groups is 3. The normalized spacial score (nSPS) is 20.5. The van der Waals surface area contributed by atoms with Crippen LogP contribution < -0.4 is 11.1 Å². The number of nitrogens with one attached hydrogen (secondary N) is 1. The third-order valence-corrected chi connectivity index (χ3v) is 12.7. The van der Waals surface area contributed by atoms with Crippen molar-refractivity contribution in [2.24, 2.45) is 21.1 Å². The number of fused-ring (bicyclic) bond motifs is 1. The Kier molecular flexibility index (Phi) is 13.8. The van der Waals surface area contributed by atoms with Crippen LogP contribution in [-0.4, -0.2) is 111 Å². The highest BCUT2D eigenvalue weighted by Crippen LogP contribution is 2.65. The minimum Gasteiger partial charge on any atom is -0.404 e. The third kappa shape index (κ3) is 10.8. The number of nitrogens with two attached hydrogens (primary N) is 1. The van der Waals surface area contributed by atoms with Crippen molar-refractivity contribution in [2.75, 3.05) is 6.54 Å². The summed E-state index contributed by atoms with van der Waals surface area (Å²) in [5.74, 6) is -3.70. The molecule has 1 aliphatic heterocycles. The van der Waals surface area contributed by atoms with Gasteiger partial charge >= 0.3 is 6.18 Å². The minimum atomic E-state index is -4.80. The molecule has 0 bridgehead atoms. The second-order valence-corrected chi connectivity index (χ2v) is 19.2. The third-order valence-electron chi connectivity index (χ3n) is 12.7. The van der Waals surface area contributed by atoms with Crippen LogP contribution >= 0.6 is 0 Å². The van der Waals surface area contributed by atoms with Gasteiger partial charge in [-0.3, -0.25) is 28.9 Å². The van der Waals surface area contributed by atoms with E-state index in [9.17, 15) is 38.1 Å². The lowest BCUT2D eigenvalue weighted by atomic mass is 9.96. The molecule has 6 N–H and O–H groups in total. The molecular weight excluding hydrogens is 878 g/mol. The van der Waals surface area contributed by atoms with Crippen LogP contribution in [0.5, 0.6) is 0 Å². The fourth-order valence-electron chi connectivity index (χ4n) is 8.83. The van der Waals surface area contributed by atoms with Crippen molar-refractivity contribution in [3.05, 3.63) is 88.9 Å². The number of aromatic nitrogens is 6. The lowest BCUT2D eigenvalue weighted by molar-refractivity contribution is -0.141. The number of hydrogen-bond acceptors (Lipinski definition) is 12. The van der Waals surface area contributed by atoms with Crippen LogP contribution in [0, 0.1) is 12.3 Å². The number of aliphatic imine (C=N–C) groups is 2. The molecular formula is C48H59BF3N11O5. The van der Waals surface area contributed by atoms with Crippen LogP contribution in [0.4, 0.5) is 13.2 Å². The zero-order valence-electron chi connectivity index (χ0n) is 39.4. The molecule has 1 spiro atoms. The lowest BCUT2D eigenvalue weighted by Crippen LogP contribution is -2.55. The number of halogens is 3. The Morgan fingerprint density at radius 3 is 2.47 bits per heavy atom. The van der Waals surface area contributed by atoms with Gasteiger partial charge in [0, 0.05) is 65.9 Å². The second kappa shape index (κ2) is 18.8. The molecule has 0 aromatic carbocycles. The number of nitrogens with zero attached hydrogens (tertiary/aromatic N) is 9. The molecule has 68 heavy (non-hydrogen) atoms. The second-order valence-electron chi connectivity index (χ2n) is 19.2. The zero-order valence-corrected chi connectivity index (χ0v) is 39.4. The topological polar surface area (TPSA) is 222 Å². The molecule has 1 saturated heterocycles. The smallest absolute Gasteiger partial charge is 0.404 e. The van der Waals surface area contributed by atoms with Crippen LogP contribution in [-0.2, 0) is 22.3 Å². The maximum atomic E-state index is 14.7. The van der Waals surface area contributed by atoms with Gasteiger partial charge in [0.2, 0.25) is 11.8 Å². The van der Waals surface area contributed by atoms with Gasteiger partial charge in [0.1, 0.15) is 11.6 Å². The maximum absolute atomic E-state index is 14.7. The Morgan fingerprint density at radius 1 is 1.12 bits per heavy atom. The summed E-state index contributed by atoms with van der Waals surface area (Å²) < 4.78 is 45.8. The summed E-state index contributed by atoms with van der Waals surface area (Å²) >= 11 is 0. The molecule has 3 aliphatic rings. The van der Waals surface area contributed by atoms with E-state index in [1.165, 1.54) is 11.1 Å². The summed E-state index contributed by atoms with van der Waals surface area (Å²) in [6.07, 6.45) is 8.72. The molecule has 4 aromatic rings. The molecule has 2 radical (unpaired) electrons. The number of hydrogen-bond donors (Lipinski definition) is 5. The van der Waals surface area contributed by atoms with Gasteiger partial charge in [-0.1, -0.05) is 25.1 Å². The van der Waals surface area contributed by atoms with Crippen molar-refractivity contribution in [2.45, 2.75) is 141 Å². The zero-order chi connectivity index (χ0) is 49.6. The number of allylic oxidation sites excluding steroid dienone is 3. The van der Waals surface area contributed by atoms with Gasteiger partial charge in [-0.05, 0) is 116 Å². The van der Waals surface area contributed by atoms with Crippen molar-refractivity contribution in [3.63, 3.8) is 0 Å². The molecule has 5 heterocycles. The number of carbonyl (C=O) groups excluding carboxylic acids is 2. The Labute approximate surface area is 394 Å². The van der Waals surface area contributed by atoms with Gasteiger partial charge in [-0.25, -0.2) is 9.98 Å². The van der Waals surface area contributed by atoms with Gasteiger partial charge in [0.05, 0.1) is 48.5 Å². The van der Waals surface area contributed by atoms with E-state index in [2.05, 4.69) is 30.5 Å². The SMILES string of the molecule is [B]CC(O)(O)/N=C/C(=C\N)CC(C(=O)NC(C)(C)Cn1nc(C(F)(F)F)cc1C(=C/C)/C=N/C(=C/CC)C(C)(C)O)N1CCC2(CC2c2ccc(-c3cnc4nn(C5CC5)cc4c3)nc2C)C1=O. The maximum Gasteiger partial charge on any atom is 0.435 e.